The van der Waals surface area contributed by atoms with Gasteiger partial charge < -0.3 is 10.2 Å². The van der Waals surface area contributed by atoms with Gasteiger partial charge in [0.05, 0.1) is 17.4 Å². The maximum absolute atomic E-state index is 13.2. The topological polar surface area (TPSA) is 117 Å². The van der Waals surface area contributed by atoms with Gasteiger partial charge in [0.2, 0.25) is 5.91 Å². The van der Waals surface area contributed by atoms with Crippen LogP contribution in [0.5, 0.6) is 0 Å². The zero-order valence-electron chi connectivity index (χ0n) is 19.9. The lowest BCUT2D eigenvalue weighted by molar-refractivity contribution is -0.117. The molecule has 182 valence electrons. The fourth-order valence-corrected chi connectivity index (χ4v) is 4.12. The van der Waals surface area contributed by atoms with E-state index in [1.807, 2.05) is 30.3 Å². The average molecular weight is 484 g/mol. The van der Waals surface area contributed by atoms with Crippen LogP contribution in [0, 0.1) is 0 Å². The number of fused-ring (bicyclic) bond motifs is 1. The first-order chi connectivity index (χ1) is 17.3. The van der Waals surface area contributed by atoms with E-state index in [-0.39, 0.29) is 34.8 Å². The summed E-state index contributed by atoms with van der Waals surface area (Å²) in [5, 5.41) is 2.90. The maximum atomic E-state index is 13.2. The summed E-state index contributed by atoms with van der Waals surface area (Å²) in [5.41, 5.74) is 1.96. The summed E-state index contributed by atoms with van der Waals surface area (Å²) in [7, 11) is 3.25. The van der Waals surface area contributed by atoms with Gasteiger partial charge >= 0.3 is 5.69 Å². The van der Waals surface area contributed by atoms with E-state index < -0.39 is 17.2 Å². The Hall–Kier alpha value is -4.53. The third kappa shape index (κ3) is 4.55. The molecule has 0 saturated heterocycles. The molecule has 0 unspecified atom stereocenters. The van der Waals surface area contributed by atoms with Gasteiger partial charge in [0.1, 0.15) is 5.65 Å². The number of para-hydroxylation sites is 1. The smallest absolute Gasteiger partial charge is 0.322 e. The summed E-state index contributed by atoms with van der Waals surface area (Å²) < 4.78 is 1.25. The molecule has 2 heterocycles. The number of anilines is 2. The predicted molar refractivity (Wildman–Crippen MR) is 138 cm³/mol. The number of carbonyl (C=O) groups is 2. The fraction of sp³-hybridized carbons (Fsp3) is 0.222. The summed E-state index contributed by atoms with van der Waals surface area (Å²) in [6.07, 6.45) is 2.12. The molecule has 5 rings (SSSR count). The Bertz CT molecular complexity index is 1590. The van der Waals surface area contributed by atoms with E-state index in [0.29, 0.717) is 11.4 Å². The van der Waals surface area contributed by atoms with Crippen LogP contribution in [0.3, 0.4) is 0 Å². The predicted octanol–water partition coefficient (Wildman–Crippen LogP) is 2.96. The first-order valence-electron chi connectivity index (χ1n) is 11.7. The molecule has 2 amide bonds. The second-order valence-corrected chi connectivity index (χ2v) is 9.00. The van der Waals surface area contributed by atoms with Crippen LogP contribution in [0.4, 0.5) is 11.4 Å². The van der Waals surface area contributed by atoms with E-state index in [1.165, 1.54) is 11.6 Å². The summed E-state index contributed by atoms with van der Waals surface area (Å²) >= 11 is 0. The number of pyridine rings is 1. The number of aromatic nitrogens is 3. The number of hydrogen-bond donors (Lipinski definition) is 2. The van der Waals surface area contributed by atoms with E-state index in [4.69, 9.17) is 0 Å². The molecule has 2 aromatic carbocycles. The molecular formula is C27H25N5O4. The van der Waals surface area contributed by atoms with Crippen molar-refractivity contribution in [3.05, 3.63) is 98.3 Å². The number of carbonyl (C=O) groups excluding carboxylic acids is 2. The molecule has 36 heavy (non-hydrogen) atoms. The quantitative estimate of drug-likeness (QED) is 0.437. The lowest BCUT2D eigenvalue weighted by Gasteiger charge is -2.17. The Morgan fingerprint density at radius 1 is 1.08 bits per heavy atom. The zero-order valence-corrected chi connectivity index (χ0v) is 19.9. The second-order valence-electron chi connectivity index (χ2n) is 9.00. The highest BCUT2D eigenvalue weighted by Crippen LogP contribution is 2.39. The Morgan fingerprint density at radius 2 is 1.78 bits per heavy atom. The van der Waals surface area contributed by atoms with Crippen molar-refractivity contribution in [2.75, 3.05) is 17.3 Å². The normalized spacial score (nSPS) is 12.9. The molecule has 9 nitrogen and oxygen atoms in total. The van der Waals surface area contributed by atoms with Crippen molar-refractivity contribution in [2.45, 2.75) is 25.2 Å². The third-order valence-electron chi connectivity index (χ3n) is 6.42. The van der Waals surface area contributed by atoms with Crippen LogP contribution >= 0.6 is 0 Å². The third-order valence-corrected chi connectivity index (χ3v) is 6.42. The van der Waals surface area contributed by atoms with Crippen molar-refractivity contribution in [2.24, 2.45) is 7.05 Å². The lowest BCUT2D eigenvalue weighted by atomic mass is 10.1. The fourth-order valence-electron chi connectivity index (χ4n) is 4.12. The minimum atomic E-state index is -0.649. The molecule has 0 radical (unpaired) electrons. The first-order valence-corrected chi connectivity index (χ1v) is 11.7. The van der Waals surface area contributed by atoms with Crippen LogP contribution < -0.4 is 21.5 Å². The minimum absolute atomic E-state index is 0.0568. The minimum Gasteiger partial charge on any atom is -0.322 e. The molecular weight excluding hydrogens is 458 g/mol. The van der Waals surface area contributed by atoms with Crippen molar-refractivity contribution < 1.29 is 9.59 Å². The van der Waals surface area contributed by atoms with E-state index in [0.717, 1.165) is 24.1 Å². The van der Waals surface area contributed by atoms with Crippen LogP contribution in [-0.4, -0.2) is 33.4 Å². The molecule has 9 heteroatoms. The van der Waals surface area contributed by atoms with Crippen molar-refractivity contribution in [3.8, 4) is 0 Å². The van der Waals surface area contributed by atoms with Gasteiger partial charge in [0.25, 0.3) is 11.5 Å². The van der Waals surface area contributed by atoms with Crippen molar-refractivity contribution in [1.29, 1.82) is 0 Å². The molecule has 0 spiro atoms. The van der Waals surface area contributed by atoms with Gasteiger partial charge in [-0.05, 0) is 48.7 Å². The monoisotopic (exact) mass is 483 g/mol. The standard InChI is InChI=1S/C27H25N5O4/c1-31(19-6-4-3-5-7-19)22(33)14-16-8-12-18(13-9-16)28-25(34)20-15-21(17-10-11-17)29-24-23(20)26(35)30-27(36)32(24)2/h3-9,12-13,15,17H,10-11,14H2,1-2H3,(H,28,34)(H,30,35,36). The van der Waals surface area contributed by atoms with Crippen LogP contribution in [-0.2, 0) is 18.3 Å². The number of nitrogens with one attached hydrogen (secondary N) is 2. The molecule has 0 bridgehead atoms. The summed E-state index contributed by atoms with van der Waals surface area (Å²) in [4.78, 5) is 59.0. The molecule has 1 aliphatic rings. The molecule has 2 aromatic heterocycles. The summed E-state index contributed by atoms with van der Waals surface area (Å²) in [6, 6.07) is 18.0. The maximum Gasteiger partial charge on any atom is 0.329 e. The van der Waals surface area contributed by atoms with Crippen LogP contribution in [0.2, 0.25) is 0 Å². The van der Waals surface area contributed by atoms with E-state index in [2.05, 4.69) is 15.3 Å². The molecule has 4 aromatic rings. The number of hydrogen-bond acceptors (Lipinski definition) is 5. The van der Waals surface area contributed by atoms with Gasteiger partial charge in [0, 0.05) is 37.1 Å². The largest absolute Gasteiger partial charge is 0.329 e. The van der Waals surface area contributed by atoms with Crippen molar-refractivity contribution in [3.63, 3.8) is 0 Å². The number of likely N-dealkylation sites (N-methyl/N-ethyl adjacent to an activating group) is 1. The summed E-state index contributed by atoms with van der Waals surface area (Å²) in [6.45, 7) is 0. The highest BCUT2D eigenvalue weighted by atomic mass is 16.2. The second kappa shape index (κ2) is 9.26. The number of aryl methyl sites for hydroxylation is 1. The zero-order chi connectivity index (χ0) is 25.4. The highest BCUT2D eigenvalue weighted by Gasteiger charge is 2.28. The first kappa shape index (κ1) is 23.2. The van der Waals surface area contributed by atoms with Crippen LogP contribution in [0.15, 0.2) is 70.3 Å². The summed E-state index contributed by atoms with van der Waals surface area (Å²) in [5.74, 6) is -0.305. The number of benzene rings is 2. The van der Waals surface area contributed by atoms with Gasteiger partial charge in [-0.15, -0.1) is 0 Å². The molecule has 1 fully saturated rings. The number of amides is 2. The number of aromatic amines is 1. The van der Waals surface area contributed by atoms with Crippen molar-refractivity contribution in [1.82, 2.24) is 14.5 Å². The Labute approximate surface area is 206 Å². The van der Waals surface area contributed by atoms with Gasteiger partial charge in [-0.25, -0.2) is 9.78 Å². The van der Waals surface area contributed by atoms with Crippen LogP contribution in [0.25, 0.3) is 11.0 Å². The molecule has 0 atom stereocenters. The SMILES string of the molecule is CN(C(=O)Cc1ccc(NC(=O)c2cc(C3CC3)nc3c2c(=O)[nH]c(=O)n3C)cc1)c1ccccc1. The Morgan fingerprint density at radius 3 is 2.44 bits per heavy atom. The number of nitrogens with zero attached hydrogens (tertiary/aromatic N) is 3. The lowest BCUT2D eigenvalue weighted by Crippen LogP contribution is -2.31. The molecule has 2 N–H and O–H groups in total. The van der Waals surface area contributed by atoms with E-state index in [9.17, 15) is 19.2 Å². The molecule has 0 aliphatic heterocycles. The van der Waals surface area contributed by atoms with Gasteiger partial charge in [-0.1, -0.05) is 30.3 Å². The highest BCUT2D eigenvalue weighted by molar-refractivity contribution is 6.11. The van der Waals surface area contributed by atoms with E-state index in [1.54, 1.807) is 42.3 Å². The van der Waals surface area contributed by atoms with Gasteiger partial charge in [0.15, 0.2) is 0 Å². The Balaban J connectivity index is 1.37. The Kier molecular flexibility index (Phi) is 5.97. The van der Waals surface area contributed by atoms with Crippen LogP contribution in [0.1, 0.15) is 40.4 Å². The number of H-pyrrole nitrogens is 1. The van der Waals surface area contributed by atoms with Gasteiger partial charge in [-0.2, -0.15) is 0 Å². The number of rotatable bonds is 6. The van der Waals surface area contributed by atoms with Crippen molar-refractivity contribution >= 4 is 34.2 Å². The molecule has 1 saturated carbocycles. The van der Waals surface area contributed by atoms with E-state index >= 15 is 0 Å². The molecule has 1 aliphatic carbocycles. The van der Waals surface area contributed by atoms with Gasteiger partial charge in [-0.3, -0.25) is 23.9 Å². The average Bonchev–Trinajstić information content (AvgIpc) is 3.73.